The Morgan fingerprint density at radius 3 is 2.93 bits per heavy atom. The molecule has 2 atom stereocenters. The number of thiophene rings is 1. The lowest BCUT2D eigenvalue weighted by Crippen LogP contribution is -2.33. The van der Waals surface area contributed by atoms with Gasteiger partial charge in [-0.05, 0) is 36.6 Å². The summed E-state index contributed by atoms with van der Waals surface area (Å²) in [6.45, 7) is 2.29. The van der Waals surface area contributed by atoms with E-state index in [1.807, 2.05) is 36.2 Å². The molecule has 3 heterocycles. The van der Waals surface area contributed by atoms with Gasteiger partial charge in [-0.3, -0.25) is 0 Å². The van der Waals surface area contributed by atoms with Crippen LogP contribution in [0.4, 0.5) is 0 Å². The zero-order valence-corrected chi connectivity index (χ0v) is 17.3. The summed E-state index contributed by atoms with van der Waals surface area (Å²) in [6, 6.07) is 15.8. The summed E-state index contributed by atoms with van der Waals surface area (Å²) in [5, 5.41) is 19.4. The van der Waals surface area contributed by atoms with Crippen molar-refractivity contribution in [2.45, 2.75) is 25.6 Å². The second-order valence-corrected chi connectivity index (χ2v) is 8.27. The minimum Gasteiger partial charge on any atom is -0.503 e. The maximum atomic E-state index is 10.2. The first kappa shape index (κ1) is 18.3. The summed E-state index contributed by atoms with van der Waals surface area (Å²) in [7, 11) is 0. The molecule has 2 aliphatic heterocycles. The van der Waals surface area contributed by atoms with Crippen molar-refractivity contribution in [3.05, 3.63) is 74.9 Å². The van der Waals surface area contributed by atoms with Crippen LogP contribution in [0.5, 0.6) is 17.2 Å². The largest absolute Gasteiger partial charge is 0.503 e. The Bertz CT molecular complexity index is 1080. The SMILES string of the molecule is CCOc1cc([C@@H]2Oc3ccccc3[C@@H]3CC(c4cccs4)=NN32)cc(Cl)c1O. The van der Waals surface area contributed by atoms with Crippen LogP contribution in [-0.2, 0) is 0 Å². The van der Waals surface area contributed by atoms with Crippen molar-refractivity contribution in [3.63, 3.8) is 0 Å². The predicted molar refractivity (Wildman–Crippen MR) is 114 cm³/mol. The standard InChI is InChI=1S/C22H19ClN2O3S/c1-2-27-19-11-13(10-15(23)21(19)26)22-25-17(14-6-3-4-7-18(14)28-22)12-16(24-25)20-8-5-9-29-20/h3-11,17,22,26H,2,12H2,1H3/t17-,22-/m0/s1. The molecular weight excluding hydrogens is 408 g/mol. The van der Waals surface area contributed by atoms with Gasteiger partial charge >= 0.3 is 0 Å². The molecule has 0 saturated heterocycles. The first-order valence-electron chi connectivity index (χ1n) is 9.46. The monoisotopic (exact) mass is 426 g/mol. The number of phenolic OH excluding ortho intramolecular Hbond substituents is 1. The normalized spacial score (nSPS) is 19.9. The van der Waals surface area contributed by atoms with E-state index in [0.717, 1.165) is 33.9 Å². The lowest BCUT2D eigenvalue weighted by Gasteiger charge is -2.38. The third-order valence-electron chi connectivity index (χ3n) is 5.14. The zero-order chi connectivity index (χ0) is 20.0. The third-order valence-corrected chi connectivity index (χ3v) is 6.35. The number of fused-ring (bicyclic) bond motifs is 3. The van der Waals surface area contributed by atoms with Crippen molar-refractivity contribution < 1.29 is 14.6 Å². The van der Waals surface area contributed by atoms with Crippen LogP contribution in [0.1, 0.15) is 41.6 Å². The Hall–Kier alpha value is -2.70. The summed E-state index contributed by atoms with van der Waals surface area (Å²) in [5.74, 6) is 1.12. The lowest BCUT2D eigenvalue weighted by molar-refractivity contribution is -0.0191. The van der Waals surface area contributed by atoms with E-state index >= 15 is 0 Å². The van der Waals surface area contributed by atoms with E-state index < -0.39 is 6.23 Å². The fraction of sp³-hybridized carbons (Fsp3) is 0.227. The van der Waals surface area contributed by atoms with Gasteiger partial charge in [0.05, 0.1) is 28.3 Å². The fourth-order valence-electron chi connectivity index (χ4n) is 3.85. The third kappa shape index (κ3) is 3.12. The van der Waals surface area contributed by atoms with Crippen molar-refractivity contribution >= 4 is 28.6 Å². The van der Waals surface area contributed by atoms with E-state index in [0.29, 0.717) is 12.4 Å². The summed E-state index contributed by atoms with van der Waals surface area (Å²) >= 11 is 7.97. The zero-order valence-electron chi connectivity index (χ0n) is 15.7. The molecule has 1 N–H and O–H groups in total. The van der Waals surface area contributed by atoms with Gasteiger partial charge in [0.2, 0.25) is 6.23 Å². The molecule has 1 aromatic heterocycles. The average Bonchev–Trinajstić information content (AvgIpc) is 3.40. The quantitative estimate of drug-likeness (QED) is 0.577. The molecule has 2 aromatic carbocycles. The van der Waals surface area contributed by atoms with Crippen molar-refractivity contribution in [2.24, 2.45) is 5.10 Å². The topological polar surface area (TPSA) is 54.3 Å². The molecule has 0 amide bonds. The van der Waals surface area contributed by atoms with Crippen molar-refractivity contribution in [1.82, 2.24) is 5.01 Å². The highest BCUT2D eigenvalue weighted by molar-refractivity contribution is 7.12. The van der Waals surface area contributed by atoms with Gasteiger partial charge in [0.15, 0.2) is 11.5 Å². The molecular formula is C22H19ClN2O3S. The number of rotatable bonds is 4. The molecule has 0 unspecified atom stereocenters. The molecule has 5 nitrogen and oxygen atoms in total. The van der Waals surface area contributed by atoms with Crippen LogP contribution < -0.4 is 9.47 Å². The molecule has 2 aliphatic rings. The van der Waals surface area contributed by atoms with Crippen molar-refractivity contribution in [1.29, 1.82) is 0 Å². The Morgan fingerprint density at radius 2 is 2.14 bits per heavy atom. The Kier molecular flexibility index (Phi) is 4.60. The molecule has 0 radical (unpaired) electrons. The summed E-state index contributed by atoms with van der Waals surface area (Å²) < 4.78 is 11.9. The average molecular weight is 427 g/mol. The van der Waals surface area contributed by atoms with E-state index in [-0.39, 0.29) is 16.8 Å². The van der Waals surface area contributed by atoms with Gasteiger partial charge in [-0.15, -0.1) is 11.3 Å². The minimum absolute atomic E-state index is 0.0609. The number of hydrogen-bond donors (Lipinski definition) is 1. The highest BCUT2D eigenvalue weighted by atomic mass is 35.5. The van der Waals surface area contributed by atoms with E-state index in [1.165, 1.54) is 0 Å². The lowest BCUT2D eigenvalue weighted by atomic mass is 9.97. The van der Waals surface area contributed by atoms with Gasteiger partial charge in [-0.2, -0.15) is 5.10 Å². The van der Waals surface area contributed by atoms with Crippen molar-refractivity contribution in [2.75, 3.05) is 6.61 Å². The highest BCUT2D eigenvalue weighted by Crippen LogP contribution is 2.49. The van der Waals surface area contributed by atoms with E-state index in [1.54, 1.807) is 23.5 Å². The number of halogens is 1. The molecule has 5 rings (SSSR count). The summed E-state index contributed by atoms with van der Waals surface area (Å²) in [4.78, 5) is 1.16. The number of aromatic hydroxyl groups is 1. The number of hydrogen-bond acceptors (Lipinski definition) is 6. The van der Waals surface area contributed by atoms with Gasteiger partial charge < -0.3 is 14.6 Å². The maximum Gasteiger partial charge on any atom is 0.214 e. The minimum atomic E-state index is -0.468. The van der Waals surface area contributed by atoms with Gasteiger partial charge in [0, 0.05) is 17.5 Å². The fourth-order valence-corrected chi connectivity index (χ4v) is 4.79. The summed E-state index contributed by atoms with van der Waals surface area (Å²) in [6.07, 6.45) is 0.339. The Labute approximate surface area is 177 Å². The van der Waals surface area contributed by atoms with Crippen LogP contribution in [0.25, 0.3) is 0 Å². The van der Waals surface area contributed by atoms with Crippen LogP contribution in [0.15, 0.2) is 59.0 Å². The van der Waals surface area contributed by atoms with Gasteiger partial charge in [-0.1, -0.05) is 35.9 Å². The molecule has 0 spiro atoms. The molecule has 148 valence electrons. The number of nitrogens with zero attached hydrogens (tertiary/aromatic N) is 2. The van der Waals surface area contributed by atoms with Crippen LogP contribution in [-0.4, -0.2) is 22.4 Å². The molecule has 7 heteroatoms. The Balaban J connectivity index is 1.61. The smallest absolute Gasteiger partial charge is 0.214 e. The van der Waals surface area contributed by atoms with Gasteiger partial charge in [0.1, 0.15) is 5.75 Å². The molecule has 29 heavy (non-hydrogen) atoms. The van der Waals surface area contributed by atoms with E-state index in [9.17, 15) is 5.11 Å². The van der Waals surface area contributed by atoms with Crippen LogP contribution in [0.3, 0.4) is 0 Å². The maximum absolute atomic E-state index is 10.2. The first-order valence-corrected chi connectivity index (χ1v) is 10.7. The number of benzene rings is 2. The van der Waals surface area contributed by atoms with Crippen LogP contribution in [0.2, 0.25) is 5.02 Å². The van der Waals surface area contributed by atoms with Crippen LogP contribution in [0, 0.1) is 0 Å². The van der Waals surface area contributed by atoms with Crippen LogP contribution >= 0.6 is 22.9 Å². The van der Waals surface area contributed by atoms with E-state index in [4.69, 9.17) is 26.2 Å². The van der Waals surface area contributed by atoms with Gasteiger partial charge in [0.25, 0.3) is 0 Å². The number of para-hydroxylation sites is 1. The highest BCUT2D eigenvalue weighted by Gasteiger charge is 2.41. The molecule has 0 saturated carbocycles. The van der Waals surface area contributed by atoms with Crippen molar-refractivity contribution in [3.8, 4) is 17.2 Å². The molecule has 0 aliphatic carbocycles. The predicted octanol–water partition coefficient (Wildman–Crippen LogP) is 5.75. The second-order valence-electron chi connectivity index (χ2n) is 6.91. The van der Waals surface area contributed by atoms with Gasteiger partial charge in [-0.25, -0.2) is 5.01 Å². The second kappa shape index (κ2) is 7.28. The van der Waals surface area contributed by atoms with E-state index in [2.05, 4.69) is 17.5 Å². The number of hydrazone groups is 1. The molecule has 0 bridgehead atoms. The molecule has 3 aromatic rings. The number of ether oxygens (including phenoxy) is 2. The Morgan fingerprint density at radius 1 is 1.28 bits per heavy atom. The first-order chi connectivity index (χ1) is 14.2. The summed E-state index contributed by atoms with van der Waals surface area (Å²) in [5.41, 5.74) is 2.95. The molecule has 0 fully saturated rings. The number of phenols is 1.